The summed E-state index contributed by atoms with van der Waals surface area (Å²) in [6, 6.07) is 4.92. The number of hydrogen-bond acceptors (Lipinski definition) is 3. The largest absolute Gasteiger partial charge is 0.393 e. The van der Waals surface area contributed by atoms with Gasteiger partial charge in [-0.05, 0) is 25.0 Å². The average molecular weight is 245 g/mol. The molecule has 0 radical (unpaired) electrons. The van der Waals surface area contributed by atoms with E-state index in [2.05, 4.69) is 4.72 Å². The van der Waals surface area contributed by atoms with Crippen molar-refractivity contribution < 1.29 is 17.9 Å². The normalized spacial score (nSPS) is 25.1. The highest BCUT2D eigenvalue weighted by Gasteiger charge is 2.32. The summed E-state index contributed by atoms with van der Waals surface area (Å²) < 4.78 is 39.1. The molecule has 0 aromatic heterocycles. The van der Waals surface area contributed by atoms with E-state index in [0.29, 0.717) is 12.8 Å². The van der Waals surface area contributed by atoms with Crippen molar-refractivity contribution in [3.63, 3.8) is 0 Å². The second-order valence-corrected chi connectivity index (χ2v) is 5.56. The number of aliphatic hydroxyl groups is 1. The lowest BCUT2D eigenvalue weighted by Gasteiger charge is -2.31. The van der Waals surface area contributed by atoms with Crippen molar-refractivity contribution in [3.8, 4) is 0 Å². The van der Waals surface area contributed by atoms with Crippen LogP contribution in [-0.2, 0) is 10.0 Å². The molecule has 0 amide bonds. The van der Waals surface area contributed by atoms with E-state index >= 15 is 0 Å². The Labute approximate surface area is 93.2 Å². The standard InChI is InChI=1S/C10H12FNO3S/c11-9-3-1-2-4-10(9)16(14,15)12-7-5-8(13)6-7/h1-4,7-8,12-13H,5-6H2. The third kappa shape index (κ3) is 2.23. The maximum Gasteiger partial charge on any atom is 0.243 e. The monoisotopic (exact) mass is 245 g/mol. The predicted molar refractivity (Wildman–Crippen MR) is 55.8 cm³/mol. The molecule has 4 nitrogen and oxygen atoms in total. The summed E-state index contributed by atoms with van der Waals surface area (Å²) in [6.45, 7) is 0. The summed E-state index contributed by atoms with van der Waals surface area (Å²) in [4.78, 5) is -0.351. The molecule has 0 spiro atoms. The minimum atomic E-state index is -3.81. The average Bonchev–Trinajstić information content (AvgIpc) is 2.15. The Hall–Kier alpha value is -0.980. The summed E-state index contributed by atoms with van der Waals surface area (Å²) in [6.07, 6.45) is 0.315. The van der Waals surface area contributed by atoms with Gasteiger partial charge in [-0.25, -0.2) is 17.5 Å². The fraction of sp³-hybridized carbons (Fsp3) is 0.400. The Morgan fingerprint density at radius 2 is 1.94 bits per heavy atom. The van der Waals surface area contributed by atoms with Gasteiger partial charge >= 0.3 is 0 Å². The van der Waals surface area contributed by atoms with Crippen LogP contribution < -0.4 is 4.72 Å². The summed E-state index contributed by atoms with van der Waals surface area (Å²) in [5.74, 6) is -0.769. The first-order valence-electron chi connectivity index (χ1n) is 4.94. The number of halogens is 1. The number of sulfonamides is 1. The maximum absolute atomic E-state index is 13.3. The molecule has 1 aromatic rings. The molecular weight excluding hydrogens is 233 g/mol. The van der Waals surface area contributed by atoms with Gasteiger partial charge in [0.15, 0.2) is 0 Å². The lowest BCUT2D eigenvalue weighted by molar-refractivity contribution is 0.0712. The van der Waals surface area contributed by atoms with Gasteiger partial charge < -0.3 is 5.11 Å². The molecule has 0 heterocycles. The van der Waals surface area contributed by atoms with Crippen LogP contribution in [0, 0.1) is 5.82 Å². The number of aliphatic hydroxyl groups excluding tert-OH is 1. The first kappa shape index (κ1) is 11.5. The highest BCUT2D eigenvalue weighted by molar-refractivity contribution is 7.89. The maximum atomic E-state index is 13.3. The molecule has 0 aliphatic heterocycles. The van der Waals surface area contributed by atoms with Crippen LogP contribution in [0.2, 0.25) is 0 Å². The van der Waals surface area contributed by atoms with Gasteiger partial charge in [-0.3, -0.25) is 0 Å². The summed E-state index contributed by atoms with van der Waals surface area (Å²) in [5, 5.41) is 9.03. The Kier molecular flexibility index (Phi) is 2.96. The van der Waals surface area contributed by atoms with Crippen LogP contribution in [0.3, 0.4) is 0 Å². The molecule has 6 heteroatoms. The van der Waals surface area contributed by atoms with Crippen LogP contribution in [0.15, 0.2) is 29.2 Å². The SMILES string of the molecule is O=S(=O)(NC1CC(O)C1)c1ccccc1F. The third-order valence-corrected chi connectivity index (χ3v) is 4.11. The van der Waals surface area contributed by atoms with Crippen LogP contribution in [0.4, 0.5) is 4.39 Å². The number of rotatable bonds is 3. The van der Waals surface area contributed by atoms with Crippen molar-refractivity contribution in [1.29, 1.82) is 0 Å². The molecular formula is C10H12FNO3S. The smallest absolute Gasteiger partial charge is 0.243 e. The van der Waals surface area contributed by atoms with Gasteiger partial charge in [-0.2, -0.15) is 0 Å². The molecule has 1 aliphatic rings. The Morgan fingerprint density at radius 3 is 2.50 bits per heavy atom. The zero-order valence-electron chi connectivity index (χ0n) is 8.43. The van der Waals surface area contributed by atoms with Crippen LogP contribution in [0.25, 0.3) is 0 Å². The van der Waals surface area contributed by atoms with Crippen LogP contribution in [0.1, 0.15) is 12.8 Å². The highest BCUT2D eigenvalue weighted by atomic mass is 32.2. The van der Waals surface area contributed by atoms with E-state index in [1.165, 1.54) is 18.2 Å². The molecule has 0 unspecified atom stereocenters. The molecule has 1 fully saturated rings. The van der Waals surface area contributed by atoms with Gasteiger partial charge in [-0.1, -0.05) is 12.1 Å². The van der Waals surface area contributed by atoms with Crippen molar-refractivity contribution in [1.82, 2.24) is 4.72 Å². The van der Waals surface area contributed by atoms with Crippen LogP contribution in [-0.4, -0.2) is 25.7 Å². The Morgan fingerprint density at radius 1 is 1.31 bits per heavy atom. The third-order valence-electron chi connectivity index (χ3n) is 2.56. The lowest BCUT2D eigenvalue weighted by atomic mass is 9.91. The number of benzene rings is 1. The molecule has 0 bridgehead atoms. The van der Waals surface area contributed by atoms with E-state index in [9.17, 15) is 12.8 Å². The van der Waals surface area contributed by atoms with E-state index in [1.807, 2.05) is 0 Å². The Balaban J connectivity index is 2.16. The molecule has 1 aromatic carbocycles. The van der Waals surface area contributed by atoms with Crippen molar-refractivity contribution in [2.45, 2.75) is 29.9 Å². The quantitative estimate of drug-likeness (QED) is 0.820. The first-order valence-corrected chi connectivity index (χ1v) is 6.42. The molecule has 1 aliphatic carbocycles. The van der Waals surface area contributed by atoms with Crippen LogP contribution >= 0.6 is 0 Å². The van der Waals surface area contributed by atoms with E-state index in [0.717, 1.165) is 6.07 Å². The summed E-state index contributed by atoms with van der Waals surface area (Å²) >= 11 is 0. The number of hydrogen-bond donors (Lipinski definition) is 2. The van der Waals surface area contributed by atoms with Gasteiger partial charge in [-0.15, -0.1) is 0 Å². The van der Waals surface area contributed by atoms with Crippen molar-refractivity contribution in [2.24, 2.45) is 0 Å². The molecule has 0 saturated heterocycles. The topological polar surface area (TPSA) is 66.4 Å². The Bertz CT molecular complexity index is 483. The van der Waals surface area contributed by atoms with E-state index < -0.39 is 21.9 Å². The lowest BCUT2D eigenvalue weighted by Crippen LogP contribution is -2.46. The van der Waals surface area contributed by atoms with Crippen molar-refractivity contribution >= 4 is 10.0 Å². The highest BCUT2D eigenvalue weighted by Crippen LogP contribution is 2.22. The predicted octanol–water partition coefficient (Wildman–Crippen LogP) is 0.627. The fourth-order valence-electron chi connectivity index (χ4n) is 1.63. The zero-order chi connectivity index (χ0) is 11.8. The summed E-state index contributed by atoms with van der Waals surface area (Å²) in [7, 11) is -3.81. The van der Waals surface area contributed by atoms with E-state index in [4.69, 9.17) is 5.11 Å². The molecule has 0 atom stereocenters. The second kappa shape index (κ2) is 4.12. The molecule has 2 rings (SSSR count). The molecule has 2 N–H and O–H groups in total. The zero-order valence-corrected chi connectivity index (χ0v) is 9.24. The van der Waals surface area contributed by atoms with Gasteiger partial charge in [0.1, 0.15) is 10.7 Å². The molecule has 1 saturated carbocycles. The van der Waals surface area contributed by atoms with E-state index in [-0.39, 0.29) is 10.9 Å². The van der Waals surface area contributed by atoms with Gasteiger partial charge in [0, 0.05) is 6.04 Å². The van der Waals surface area contributed by atoms with Gasteiger partial charge in [0.05, 0.1) is 6.10 Å². The van der Waals surface area contributed by atoms with Gasteiger partial charge in [0.2, 0.25) is 10.0 Å². The van der Waals surface area contributed by atoms with Crippen LogP contribution in [0.5, 0.6) is 0 Å². The first-order chi connectivity index (χ1) is 7.49. The fourth-order valence-corrected chi connectivity index (χ4v) is 2.97. The molecule has 16 heavy (non-hydrogen) atoms. The molecule has 88 valence electrons. The van der Waals surface area contributed by atoms with Gasteiger partial charge in [0.25, 0.3) is 0 Å². The van der Waals surface area contributed by atoms with Crippen molar-refractivity contribution in [2.75, 3.05) is 0 Å². The van der Waals surface area contributed by atoms with Crippen molar-refractivity contribution in [3.05, 3.63) is 30.1 Å². The minimum Gasteiger partial charge on any atom is -0.393 e. The minimum absolute atomic E-state index is 0.292. The summed E-state index contributed by atoms with van der Waals surface area (Å²) in [5.41, 5.74) is 0. The second-order valence-electron chi connectivity index (χ2n) is 3.87. The number of nitrogens with one attached hydrogen (secondary N) is 1. The van der Waals surface area contributed by atoms with E-state index in [1.54, 1.807) is 0 Å².